The summed E-state index contributed by atoms with van der Waals surface area (Å²) in [5.74, 6) is -1.34. The number of hydrogen-bond donors (Lipinski definition) is 2. The Morgan fingerprint density at radius 2 is 2.00 bits per heavy atom. The van der Waals surface area contributed by atoms with Crippen LogP contribution in [0.25, 0.3) is 0 Å². The summed E-state index contributed by atoms with van der Waals surface area (Å²) < 4.78 is 0. The smallest absolute Gasteiger partial charge is 0.328 e. The van der Waals surface area contributed by atoms with Crippen LogP contribution in [0, 0.1) is 0 Å². The number of aliphatic hydroxyl groups is 1. The summed E-state index contributed by atoms with van der Waals surface area (Å²) in [5, 5.41) is 17.1. The fourth-order valence-electron chi connectivity index (χ4n) is 1.49. The maximum Gasteiger partial charge on any atom is 0.328 e. The van der Waals surface area contributed by atoms with Crippen molar-refractivity contribution in [2.24, 2.45) is 0 Å². The molecule has 0 aromatic heterocycles. The molecular formula is C10H12O4. The molecule has 0 bridgehead atoms. The second kappa shape index (κ2) is 4.72. The minimum atomic E-state index is -1.10. The molecule has 0 aromatic carbocycles. The number of carboxylic acids is 1. The Morgan fingerprint density at radius 3 is 2.57 bits per heavy atom. The molecule has 0 unspecified atom stereocenters. The maximum absolute atomic E-state index is 11.5. The highest BCUT2D eigenvalue weighted by Gasteiger charge is 2.20. The summed E-state index contributed by atoms with van der Waals surface area (Å²) in [4.78, 5) is 21.9. The van der Waals surface area contributed by atoms with Crippen LogP contribution in [0.3, 0.4) is 0 Å². The first-order chi connectivity index (χ1) is 6.65. The number of hydrogen-bond acceptors (Lipinski definition) is 3. The zero-order chi connectivity index (χ0) is 10.6. The highest BCUT2D eigenvalue weighted by Crippen LogP contribution is 2.24. The molecule has 0 radical (unpaired) electrons. The summed E-state index contributed by atoms with van der Waals surface area (Å²) in [6.45, 7) is -0.179. The highest BCUT2D eigenvalue weighted by molar-refractivity contribution is 6.11. The van der Waals surface area contributed by atoms with Crippen molar-refractivity contribution in [3.05, 3.63) is 23.3 Å². The zero-order valence-corrected chi connectivity index (χ0v) is 7.69. The average molecular weight is 196 g/mol. The normalized spacial score (nSPS) is 23.1. The number of Topliss-reactive ketones (excluding diaryl/α,β-unsaturated/α-hetero) is 1. The van der Waals surface area contributed by atoms with Gasteiger partial charge in [-0.2, -0.15) is 0 Å². The van der Waals surface area contributed by atoms with Gasteiger partial charge in [0.25, 0.3) is 0 Å². The number of allylic oxidation sites excluding steroid dienone is 2. The number of ketones is 1. The lowest BCUT2D eigenvalue weighted by atomic mass is 9.88. The van der Waals surface area contributed by atoms with Crippen LogP contribution in [0.1, 0.15) is 19.3 Å². The molecule has 1 rings (SSSR count). The van der Waals surface area contributed by atoms with Crippen molar-refractivity contribution < 1.29 is 19.8 Å². The van der Waals surface area contributed by atoms with E-state index in [1.54, 1.807) is 0 Å². The number of aliphatic hydroxyl groups excluding tert-OH is 1. The molecule has 0 aromatic rings. The zero-order valence-electron chi connectivity index (χ0n) is 7.69. The summed E-state index contributed by atoms with van der Waals surface area (Å²) >= 11 is 0. The van der Waals surface area contributed by atoms with Crippen molar-refractivity contribution in [1.29, 1.82) is 0 Å². The number of carbonyl (C=O) groups excluding carboxylic acids is 1. The lowest BCUT2D eigenvalue weighted by molar-refractivity contribution is -0.131. The Bertz CT molecular complexity index is 312. The molecule has 0 atom stereocenters. The summed E-state index contributed by atoms with van der Waals surface area (Å²) in [6.07, 6.45) is 4.28. The highest BCUT2D eigenvalue weighted by atomic mass is 16.4. The van der Waals surface area contributed by atoms with Gasteiger partial charge in [-0.1, -0.05) is 6.08 Å². The third kappa shape index (κ3) is 2.53. The van der Waals surface area contributed by atoms with Crippen molar-refractivity contribution >= 4 is 11.8 Å². The molecule has 1 fully saturated rings. The summed E-state index contributed by atoms with van der Waals surface area (Å²) in [6, 6.07) is 0. The molecular weight excluding hydrogens is 184 g/mol. The number of aliphatic carboxylic acids is 1. The lowest BCUT2D eigenvalue weighted by Crippen LogP contribution is -2.14. The van der Waals surface area contributed by atoms with Crippen LogP contribution in [-0.2, 0) is 9.59 Å². The van der Waals surface area contributed by atoms with E-state index in [-0.39, 0.29) is 12.4 Å². The summed E-state index contributed by atoms with van der Waals surface area (Å²) in [5.41, 5.74) is 0.842. The van der Waals surface area contributed by atoms with Gasteiger partial charge in [-0.15, -0.1) is 0 Å². The molecule has 2 N–H and O–H groups in total. The van der Waals surface area contributed by atoms with Gasteiger partial charge in [0.15, 0.2) is 5.78 Å². The quantitative estimate of drug-likeness (QED) is 0.636. The Labute approximate surface area is 81.6 Å². The van der Waals surface area contributed by atoms with Crippen LogP contribution in [0.5, 0.6) is 0 Å². The minimum absolute atomic E-state index is 0.179. The molecule has 0 aliphatic heterocycles. The van der Waals surface area contributed by atoms with Gasteiger partial charge in [0, 0.05) is 11.6 Å². The number of carboxylic acid groups (broad SMARTS) is 1. The van der Waals surface area contributed by atoms with E-state index in [1.807, 2.05) is 0 Å². The van der Waals surface area contributed by atoms with E-state index >= 15 is 0 Å². The van der Waals surface area contributed by atoms with Gasteiger partial charge in [0.1, 0.15) is 0 Å². The average Bonchev–Trinajstić information content (AvgIpc) is 2.11. The Morgan fingerprint density at radius 1 is 1.36 bits per heavy atom. The van der Waals surface area contributed by atoms with E-state index in [4.69, 9.17) is 10.2 Å². The second-order valence-electron chi connectivity index (χ2n) is 3.10. The van der Waals surface area contributed by atoms with Gasteiger partial charge < -0.3 is 10.2 Å². The van der Waals surface area contributed by atoms with Crippen molar-refractivity contribution in [2.75, 3.05) is 6.61 Å². The largest absolute Gasteiger partial charge is 0.478 e. The van der Waals surface area contributed by atoms with Crippen LogP contribution in [0.4, 0.5) is 0 Å². The lowest BCUT2D eigenvalue weighted by Gasteiger charge is -2.15. The molecule has 0 spiro atoms. The van der Waals surface area contributed by atoms with Gasteiger partial charge in [-0.3, -0.25) is 4.79 Å². The van der Waals surface area contributed by atoms with Crippen molar-refractivity contribution in [3.63, 3.8) is 0 Å². The molecule has 1 saturated carbocycles. The fourth-order valence-corrected chi connectivity index (χ4v) is 1.49. The van der Waals surface area contributed by atoms with Crippen LogP contribution >= 0.6 is 0 Å². The van der Waals surface area contributed by atoms with E-state index in [2.05, 4.69) is 0 Å². The maximum atomic E-state index is 11.5. The summed E-state index contributed by atoms with van der Waals surface area (Å²) in [7, 11) is 0. The van der Waals surface area contributed by atoms with Crippen molar-refractivity contribution in [2.45, 2.75) is 19.3 Å². The van der Waals surface area contributed by atoms with E-state index in [0.29, 0.717) is 24.0 Å². The first kappa shape index (κ1) is 10.7. The monoisotopic (exact) mass is 196 g/mol. The SMILES string of the molecule is O=C(O)/C=C1\CCC/C(=C\CO)C1=O. The first-order valence-corrected chi connectivity index (χ1v) is 4.43. The Balaban J connectivity index is 2.87. The number of rotatable bonds is 2. The third-order valence-corrected chi connectivity index (χ3v) is 2.11. The van der Waals surface area contributed by atoms with Crippen LogP contribution < -0.4 is 0 Å². The minimum Gasteiger partial charge on any atom is -0.478 e. The second-order valence-corrected chi connectivity index (χ2v) is 3.10. The molecule has 0 amide bonds. The van der Waals surface area contributed by atoms with Gasteiger partial charge >= 0.3 is 5.97 Å². The molecule has 1 aliphatic carbocycles. The first-order valence-electron chi connectivity index (χ1n) is 4.43. The van der Waals surface area contributed by atoms with E-state index in [9.17, 15) is 9.59 Å². The predicted molar refractivity (Wildman–Crippen MR) is 49.7 cm³/mol. The van der Waals surface area contributed by atoms with Crippen molar-refractivity contribution in [3.8, 4) is 0 Å². The Kier molecular flexibility index (Phi) is 3.59. The predicted octanol–water partition coefficient (Wildman–Crippen LogP) is 0.669. The third-order valence-electron chi connectivity index (χ3n) is 2.11. The Hall–Kier alpha value is -1.42. The van der Waals surface area contributed by atoms with Gasteiger partial charge in [0.2, 0.25) is 0 Å². The van der Waals surface area contributed by atoms with Crippen LogP contribution in [0.2, 0.25) is 0 Å². The molecule has 0 heterocycles. The number of carbonyl (C=O) groups is 2. The van der Waals surface area contributed by atoms with Crippen LogP contribution in [0.15, 0.2) is 23.3 Å². The molecule has 0 saturated heterocycles. The van der Waals surface area contributed by atoms with Gasteiger partial charge in [-0.25, -0.2) is 4.79 Å². The standard InChI is InChI=1S/C10H12O4/c11-5-4-7-2-1-3-8(10(7)14)6-9(12)13/h4,6,11H,1-3,5H2,(H,12,13)/b7-4+,8-6+. The topological polar surface area (TPSA) is 74.6 Å². The van der Waals surface area contributed by atoms with Gasteiger partial charge in [0.05, 0.1) is 6.61 Å². The molecule has 4 heteroatoms. The molecule has 1 aliphatic rings. The molecule has 76 valence electrons. The fraction of sp³-hybridized carbons (Fsp3) is 0.400. The van der Waals surface area contributed by atoms with Crippen molar-refractivity contribution in [1.82, 2.24) is 0 Å². The molecule has 14 heavy (non-hydrogen) atoms. The van der Waals surface area contributed by atoms with Gasteiger partial charge in [-0.05, 0) is 24.8 Å². The van der Waals surface area contributed by atoms with Crippen LogP contribution in [-0.4, -0.2) is 28.6 Å². The molecule has 4 nitrogen and oxygen atoms in total. The van der Waals surface area contributed by atoms with E-state index in [0.717, 1.165) is 12.5 Å². The van der Waals surface area contributed by atoms with E-state index < -0.39 is 5.97 Å². The van der Waals surface area contributed by atoms with E-state index in [1.165, 1.54) is 6.08 Å².